The number of nitrogens with two attached hydrogens (primary N) is 1. The molecule has 7 heteroatoms. The molecular formula is C17H23N3O3S. The Morgan fingerprint density at radius 1 is 1.33 bits per heavy atom. The fourth-order valence-corrected chi connectivity index (χ4v) is 3.31. The number of ketones is 1. The third-order valence-electron chi connectivity index (χ3n) is 3.96. The van der Waals surface area contributed by atoms with E-state index in [2.05, 4.69) is 10.0 Å². The molecule has 1 aromatic carbocycles. The van der Waals surface area contributed by atoms with Crippen LogP contribution in [0.15, 0.2) is 24.3 Å². The summed E-state index contributed by atoms with van der Waals surface area (Å²) in [5.41, 5.74) is 6.73. The number of hydrogen-bond donors (Lipinski definition) is 3. The number of hydrogen-bond acceptors (Lipinski definition) is 5. The lowest BCUT2D eigenvalue weighted by Gasteiger charge is -2.25. The maximum atomic E-state index is 12.9. The molecule has 130 valence electrons. The Kier molecular flexibility index (Phi) is 6.01. The van der Waals surface area contributed by atoms with Crippen LogP contribution in [0.5, 0.6) is 0 Å². The van der Waals surface area contributed by atoms with Crippen LogP contribution < -0.4 is 15.8 Å². The molecular weight excluding hydrogens is 326 g/mol. The molecule has 1 aliphatic rings. The first kappa shape index (κ1) is 18.5. The highest BCUT2D eigenvalue weighted by molar-refractivity contribution is 7.99. The van der Waals surface area contributed by atoms with Gasteiger partial charge >= 0.3 is 0 Å². The topological polar surface area (TPSA) is 101 Å². The van der Waals surface area contributed by atoms with E-state index in [0.717, 1.165) is 5.56 Å². The van der Waals surface area contributed by atoms with E-state index in [-0.39, 0.29) is 18.1 Å². The average Bonchev–Trinajstić information content (AvgIpc) is 2.55. The molecule has 0 saturated heterocycles. The second-order valence-corrected chi connectivity index (χ2v) is 7.78. The Balaban J connectivity index is 2.33. The van der Waals surface area contributed by atoms with Gasteiger partial charge in [0.05, 0.1) is 6.04 Å². The van der Waals surface area contributed by atoms with Crippen molar-refractivity contribution < 1.29 is 14.4 Å². The Hall–Kier alpha value is -1.86. The van der Waals surface area contributed by atoms with Crippen molar-refractivity contribution in [2.45, 2.75) is 43.9 Å². The first-order valence-corrected chi connectivity index (χ1v) is 8.75. The van der Waals surface area contributed by atoms with E-state index in [1.807, 2.05) is 18.2 Å². The Labute approximate surface area is 146 Å². The SMILES string of the molecule is CC1(C)SN[C@@H](CCC(N)=O)C(=O)c2ccccc2CCNC1=O. The fourth-order valence-electron chi connectivity index (χ4n) is 2.48. The third-order valence-corrected chi connectivity index (χ3v) is 5.06. The largest absolute Gasteiger partial charge is 0.370 e. The normalized spacial score (nSPS) is 21.3. The van der Waals surface area contributed by atoms with Gasteiger partial charge in [0.15, 0.2) is 5.78 Å². The van der Waals surface area contributed by atoms with Crippen LogP contribution in [0.1, 0.15) is 42.6 Å². The molecule has 1 atom stereocenters. The summed E-state index contributed by atoms with van der Waals surface area (Å²) in [6, 6.07) is 6.79. The molecule has 1 heterocycles. The van der Waals surface area contributed by atoms with Gasteiger partial charge in [-0.15, -0.1) is 0 Å². The van der Waals surface area contributed by atoms with Crippen molar-refractivity contribution in [1.82, 2.24) is 10.0 Å². The van der Waals surface area contributed by atoms with Crippen molar-refractivity contribution in [2.75, 3.05) is 6.54 Å². The summed E-state index contributed by atoms with van der Waals surface area (Å²) in [7, 11) is 0. The third kappa shape index (κ3) is 4.58. The van der Waals surface area contributed by atoms with Crippen molar-refractivity contribution in [3.8, 4) is 0 Å². The van der Waals surface area contributed by atoms with E-state index >= 15 is 0 Å². The van der Waals surface area contributed by atoms with Gasteiger partial charge in [-0.25, -0.2) is 0 Å². The van der Waals surface area contributed by atoms with Gasteiger partial charge < -0.3 is 11.1 Å². The minimum Gasteiger partial charge on any atom is -0.370 e. The molecule has 1 aromatic rings. The maximum absolute atomic E-state index is 12.9. The molecule has 0 aromatic heterocycles. The molecule has 2 rings (SSSR count). The number of carbonyl (C=O) groups excluding carboxylic acids is 3. The van der Waals surface area contributed by atoms with Gasteiger partial charge in [-0.3, -0.25) is 19.1 Å². The summed E-state index contributed by atoms with van der Waals surface area (Å²) in [5.74, 6) is -0.626. The number of Topliss-reactive ketones (excluding diaryl/α,β-unsaturated/α-hetero) is 1. The molecule has 24 heavy (non-hydrogen) atoms. The molecule has 0 bridgehead atoms. The van der Waals surface area contributed by atoms with Crippen LogP contribution in [0.4, 0.5) is 0 Å². The number of nitrogens with one attached hydrogen (secondary N) is 2. The lowest BCUT2D eigenvalue weighted by atomic mass is 9.95. The van der Waals surface area contributed by atoms with Gasteiger partial charge in [0, 0.05) is 18.5 Å². The van der Waals surface area contributed by atoms with Crippen molar-refractivity contribution in [2.24, 2.45) is 5.73 Å². The number of carbonyl (C=O) groups is 3. The standard InChI is InChI=1S/C17H23N3O3S/c1-17(2)16(23)19-10-9-11-5-3-4-6-12(11)15(22)13(20-24-17)7-8-14(18)21/h3-6,13,20H,7-10H2,1-2H3,(H2,18,21)(H,19,23)/t13-/m0/s1. The lowest BCUT2D eigenvalue weighted by molar-refractivity contribution is -0.122. The minimum absolute atomic E-state index is 0.0792. The second kappa shape index (κ2) is 7.81. The highest BCUT2D eigenvalue weighted by Gasteiger charge is 2.32. The summed E-state index contributed by atoms with van der Waals surface area (Å²) in [4.78, 5) is 36.4. The zero-order valence-electron chi connectivity index (χ0n) is 13.9. The Morgan fingerprint density at radius 3 is 2.75 bits per heavy atom. The van der Waals surface area contributed by atoms with E-state index in [1.165, 1.54) is 11.9 Å². The predicted molar refractivity (Wildman–Crippen MR) is 94.5 cm³/mol. The summed E-state index contributed by atoms with van der Waals surface area (Å²) >= 11 is 1.20. The zero-order valence-corrected chi connectivity index (χ0v) is 14.7. The van der Waals surface area contributed by atoms with Gasteiger partial charge in [-0.1, -0.05) is 36.2 Å². The van der Waals surface area contributed by atoms with Crippen LogP contribution in [0.2, 0.25) is 0 Å². The summed E-state index contributed by atoms with van der Waals surface area (Å²) in [6.07, 6.45) is 0.989. The van der Waals surface area contributed by atoms with Crippen LogP contribution in [0.3, 0.4) is 0 Å². The smallest absolute Gasteiger partial charge is 0.237 e. The van der Waals surface area contributed by atoms with Gasteiger partial charge in [0.2, 0.25) is 11.8 Å². The van der Waals surface area contributed by atoms with E-state index in [9.17, 15) is 14.4 Å². The quantitative estimate of drug-likeness (QED) is 0.712. The van der Waals surface area contributed by atoms with Gasteiger partial charge in [-0.2, -0.15) is 0 Å². The molecule has 0 fully saturated rings. The molecule has 4 N–H and O–H groups in total. The van der Waals surface area contributed by atoms with Crippen LogP contribution in [-0.2, 0) is 16.0 Å². The molecule has 0 unspecified atom stereocenters. The number of rotatable bonds is 3. The molecule has 2 amide bonds. The van der Waals surface area contributed by atoms with Crippen LogP contribution in [0, 0.1) is 0 Å². The van der Waals surface area contributed by atoms with E-state index in [4.69, 9.17) is 5.73 Å². The van der Waals surface area contributed by atoms with Crippen LogP contribution >= 0.6 is 11.9 Å². The number of amides is 2. The molecule has 0 saturated carbocycles. The Morgan fingerprint density at radius 2 is 2.04 bits per heavy atom. The van der Waals surface area contributed by atoms with E-state index in [0.29, 0.717) is 24.9 Å². The Bertz CT molecular complexity index is 646. The number of primary amides is 1. The maximum Gasteiger partial charge on any atom is 0.237 e. The fraction of sp³-hybridized carbons (Fsp3) is 0.471. The lowest BCUT2D eigenvalue weighted by Crippen LogP contribution is -2.44. The van der Waals surface area contributed by atoms with Crippen LogP contribution in [0.25, 0.3) is 0 Å². The first-order chi connectivity index (χ1) is 11.3. The van der Waals surface area contributed by atoms with Gasteiger partial charge in [-0.05, 0) is 32.3 Å². The highest BCUT2D eigenvalue weighted by atomic mass is 32.2. The molecule has 0 aliphatic carbocycles. The summed E-state index contributed by atoms with van der Waals surface area (Å²) in [6.45, 7) is 4.06. The van der Waals surface area contributed by atoms with Crippen molar-refractivity contribution in [3.05, 3.63) is 35.4 Å². The summed E-state index contributed by atoms with van der Waals surface area (Å²) < 4.78 is 2.35. The molecule has 1 aliphatic heterocycles. The number of benzene rings is 1. The highest BCUT2D eigenvalue weighted by Crippen LogP contribution is 2.25. The van der Waals surface area contributed by atoms with E-state index in [1.54, 1.807) is 19.9 Å². The average molecular weight is 349 g/mol. The second-order valence-electron chi connectivity index (χ2n) is 6.32. The first-order valence-electron chi connectivity index (χ1n) is 7.93. The van der Waals surface area contributed by atoms with Crippen molar-refractivity contribution in [1.29, 1.82) is 0 Å². The van der Waals surface area contributed by atoms with E-state index < -0.39 is 16.7 Å². The molecule has 0 radical (unpaired) electrons. The minimum atomic E-state index is -0.734. The number of fused-ring (bicyclic) bond motifs is 1. The van der Waals surface area contributed by atoms with Gasteiger partial charge in [0.25, 0.3) is 0 Å². The zero-order chi connectivity index (χ0) is 17.7. The van der Waals surface area contributed by atoms with Crippen LogP contribution in [-0.4, -0.2) is 34.9 Å². The summed E-state index contributed by atoms with van der Waals surface area (Å²) in [5, 5.41) is 2.91. The predicted octanol–water partition coefficient (Wildman–Crippen LogP) is 1.19. The van der Waals surface area contributed by atoms with Gasteiger partial charge in [0.1, 0.15) is 4.75 Å². The molecule has 0 spiro atoms. The molecule has 6 nitrogen and oxygen atoms in total. The van der Waals surface area contributed by atoms with Crippen molar-refractivity contribution in [3.63, 3.8) is 0 Å². The van der Waals surface area contributed by atoms with Crippen molar-refractivity contribution >= 4 is 29.5 Å². The monoisotopic (exact) mass is 349 g/mol.